The van der Waals surface area contributed by atoms with E-state index in [0.717, 1.165) is 48.9 Å². The summed E-state index contributed by atoms with van der Waals surface area (Å²) < 4.78 is 7.18. The number of methoxy groups -OCH3 is 1. The van der Waals surface area contributed by atoms with Crippen LogP contribution in [0.5, 0.6) is 5.75 Å². The van der Waals surface area contributed by atoms with Crippen molar-refractivity contribution in [1.82, 2.24) is 25.4 Å². The molecule has 2 unspecified atom stereocenters. The summed E-state index contributed by atoms with van der Waals surface area (Å²) in [6.07, 6.45) is 1.31. The van der Waals surface area contributed by atoms with E-state index in [1.807, 2.05) is 42.8 Å². The number of rotatable bonds is 6. The zero-order chi connectivity index (χ0) is 19.2. The van der Waals surface area contributed by atoms with E-state index < -0.39 is 6.10 Å². The second-order valence-corrected chi connectivity index (χ2v) is 6.59. The molecular weight excluding hydrogens is 471 g/mol. The normalized spacial score (nSPS) is 17.3. The molecule has 1 aliphatic heterocycles. The molecule has 0 saturated heterocycles. The van der Waals surface area contributed by atoms with Crippen LogP contribution in [0.1, 0.15) is 49.1 Å². The molecule has 2 atom stereocenters. The smallest absolute Gasteiger partial charge is 0.191 e. The molecule has 1 aromatic carbocycles. The van der Waals surface area contributed by atoms with Crippen LogP contribution in [0.3, 0.4) is 0 Å². The molecule has 28 heavy (non-hydrogen) atoms. The van der Waals surface area contributed by atoms with E-state index in [1.165, 1.54) is 0 Å². The van der Waals surface area contributed by atoms with Gasteiger partial charge in [-0.15, -0.1) is 24.0 Å². The standard InChI is InChI=1S/C19H28N6O2.HI/c1-4-20-19(21-12-17(26)14-7-5-8-15(11-14)27-3)23-16-9-6-10-25-18(16)22-13(2)24-25;/h5,7-8,11,16-17,26H,4,6,9-10,12H2,1-3H3,(H2,20,21,23);1H. The number of hydrogen-bond acceptors (Lipinski definition) is 5. The van der Waals surface area contributed by atoms with Crippen LogP contribution in [0.25, 0.3) is 0 Å². The Morgan fingerprint density at radius 3 is 3.04 bits per heavy atom. The minimum Gasteiger partial charge on any atom is -0.497 e. The summed E-state index contributed by atoms with van der Waals surface area (Å²) in [5, 5.41) is 21.6. The predicted molar refractivity (Wildman–Crippen MR) is 119 cm³/mol. The van der Waals surface area contributed by atoms with Gasteiger partial charge in [0, 0.05) is 13.1 Å². The first-order valence-corrected chi connectivity index (χ1v) is 9.39. The Bertz CT molecular complexity index is 794. The van der Waals surface area contributed by atoms with E-state index in [4.69, 9.17) is 4.74 Å². The van der Waals surface area contributed by atoms with Crippen molar-refractivity contribution in [2.24, 2.45) is 4.99 Å². The lowest BCUT2D eigenvalue weighted by Crippen LogP contribution is -2.41. The topological polar surface area (TPSA) is 96.6 Å². The molecule has 9 heteroatoms. The maximum atomic E-state index is 10.5. The largest absolute Gasteiger partial charge is 0.497 e. The predicted octanol–water partition coefficient (Wildman–Crippen LogP) is 2.34. The van der Waals surface area contributed by atoms with Crippen LogP contribution in [-0.2, 0) is 6.54 Å². The summed E-state index contributed by atoms with van der Waals surface area (Å²) in [7, 11) is 1.61. The molecule has 1 aliphatic rings. The van der Waals surface area contributed by atoms with Crippen LogP contribution >= 0.6 is 24.0 Å². The van der Waals surface area contributed by atoms with Crippen molar-refractivity contribution in [2.75, 3.05) is 20.2 Å². The average Bonchev–Trinajstić information content (AvgIpc) is 3.07. The zero-order valence-corrected chi connectivity index (χ0v) is 18.9. The highest BCUT2D eigenvalue weighted by molar-refractivity contribution is 14.0. The number of aliphatic hydroxyl groups is 1. The van der Waals surface area contributed by atoms with Crippen LogP contribution < -0.4 is 15.4 Å². The van der Waals surface area contributed by atoms with Crippen LogP contribution in [0.15, 0.2) is 29.3 Å². The maximum absolute atomic E-state index is 10.5. The number of aliphatic imine (C=N–C) groups is 1. The highest BCUT2D eigenvalue weighted by atomic mass is 127. The third kappa shape index (κ3) is 5.57. The molecule has 2 aromatic rings. The molecular formula is C19H29IN6O2. The number of fused-ring (bicyclic) bond motifs is 1. The third-order valence-electron chi connectivity index (χ3n) is 4.54. The Kier molecular flexibility index (Phi) is 8.49. The number of aliphatic hydroxyl groups excluding tert-OH is 1. The molecule has 0 aliphatic carbocycles. The summed E-state index contributed by atoms with van der Waals surface area (Å²) in [4.78, 5) is 9.12. The van der Waals surface area contributed by atoms with E-state index >= 15 is 0 Å². The monoisotopic (exact) mass is 500 g/mol. The highest BCUT2D eigenvalue weighted by Crippen LogP contribution is 2.23. The number of guanidine groups is 1. The summed E-state index contributed by atoms with van der Waals surface area (Å²) in [6.45, 7) is 5.81. The van der Waals surface area contributed by atoms with Crippen LogP contribution in [0.2, 0.25) is 0 Å². The van der Waals surface area contributed by atoms with Crippen molar-refractivity contribution in [1.29, 1.82) is 0 Å². The molecule has 154 valence electrons. The van der Waals surface area contributed by atoms with Gasteiger partial charge in [-0.2, -0.15) is 5.10 Å². The van der Waals surface area contributed by atoms with Crippen molar-refractivity contribution < 1.29 is 9.84 Å². The van der Waals surface area contributed by atoms with E-state index in [-0.39, 0.29) is 36.6 Å². The van der Waals surface area contributed by atoms with Crippen molar-refractivity contribution >= 4 is 29.9 Å². The fourth-order valence-corrected chi connectivity index (χ4v) is 3.22. The van der Waals surface area contributed by atoms with Gasteiger partial charge in [0.1, 0.15) is 17.4 Å². The summed E-state index contributed by atoms with van der Waals surface area (Å²) >= 11 is 0. The van der Waals surface area contributed by atoms with E-state index in [0.29, 0.717) is 5.96 Å². The van der Waals surface area contributed by atoms with Gasteiger partial charge in [0.2, 0.25) is 0 Å². The second-order valence-electron chi connectivity index (χ2n) is 6.59. The number of aromatic nitrogens is 3. The molecule has 1 aromatic heterocycles. The SMILES string of the molecule is CCNC(=NCC(O)c1cccc(OC)c1)NC1CCCn2nc(C)nc21.I. The van der Waals surface area contributed by atoms with Gasteiger partial charge in [0.15, 0.2) is 5.96 Å². The lowest BCUT2D eigenvalue weighted by atomic mass is 10.1. The first kappa shape index (κ1) is 22.4. The summed E-state index contributed by atoms with van der Waals surface area (Å²) in [5.41, 5.74) is 0.780. The number of ether oxygens (including phenoxy) is 1. The third-order valence-corrected chi connectivity index (χ3v) is 4.54. The fourth-order valence-electron chi connectivity index (χ4n) is 3.22. The molecule has 3 rings (SSSR count). The molecule has 0 radical (unpaired) electrons. The molecule has 0 fully saturated rings. The minimum atomic E-state index is -0.701. The van der Waals surface area contributed by atoms with Gasteiger partial charge in [-0.3, -0.25) is 4.99 Å². The van der Waals surface area contributed by atoms with Gasteiger partial charge >= 0.3 is 0 Å². The van der Waals surface area contributed by atoms with Crippen molar-refractivity contribution in [3.63, 3.8) is 0 Å². The van der Waals surface area contributed by atoms with Crippen molar-refractivity contribution in [3.05, 3.63) is 41.5 Å². The van der Waals surface area contributed by atoms with Gasteiger partial charge in [-0.05, 0) is 44.4 Å². The zero-order valence-electron chi connectivity index (χ0n) is 16.6. The Morgan fingerprint density at radius 1 is 1.46 bits per heavy atom. The molecule has 0 saturated carbocycles. The number of nitrogens with zero attached hydrogens (tertiary/aromatic N) is 4. The first-order chi connectivity index (χ1) is 13.1. The summed E-state index contributed by atoms with van der Waals surface area (Å²) in [5.74, 6) is 3.11. The lowest BCUT2D eigenvalue weighted by Gasteiger charge is -2.25. The van der Waals surface area contributed by atoms with Gasteiger partial charge in [-0.1, -0.05) is 12.1 Å². The molecule has 0 bridgehead atoms. The van der Waals surface area contributed by atoms with E-state index in [9.17, 15) is 5.11 Å². The maximum Gasteiger partial charge on any atom is 0.191 e. The van der Waals surface area contributed by atoms with E-state index in [2.05, 4.69) is 25.7 Å². The molecule has 0 spiro atoms. The second kappa shape index (κ2) is 10.6. The number of halogens is 1. The Hall–Kier alpha value is -1.88. The lowest BCUT2D eigenvalue weighted by molar-refractivity contribution is 0.186. The van der Waals surface area contributed by atoms with Gasteiger partial charge in [-0.25, -0.2) is 9.67 Å². The quantitative estimate of drug-likeness (QED) is 0.320. The van der Waals surface area contributed by atoms with Crippen molar-refractivity contribution in [3.8, 4) is 5.75 Å². The highest BCUT2D eigenvalue weighted by Gasteiger charge is 2.24. The number of aryl methyl sites for hydroxylation is 2. The molecule has 2 heterocycles. The summed E-state index contributed by atoms with van der Waals surface area (Å²) in [6, 6.07) is 7.47. The fraction of sp³-hybridized carbons (Fsp3) is 0.526. The molecule has 8 nitrogen and oxygen atoms in total. The number of nitrogens with one attached hydrogen (secondary N) is 2. The number of benzene rings is 1. The first-order valence-electron chi connectivity index (χ1n) is 9.39. The van der Waals surface area contributed by atoms with Crippen molar-refractivity contribution in [2.45, 2.75) is 45.4 Å². The molecule has 0 amide bonds. The van der Waals surface area contributed by atoms with Gasteiger partial charge in [0.25, 0.3) is 0 Å². The van der Waals surface area contributed by atoms with Crippen LogP contribution in [0, 0.1) is 6.92 Å². The number of hydrogen-bond donors (Lipinski definition) is 3. The van der Waals surface area contributed by atoms with E-state index in [1.54, 1.807) is 7.11 Å². The van der Waals surface area contributed by atoms with Gasteiger partial charge < -0.3 is 20.5 Å². The Balaban J connectivity index is 0.00000280. The minimum absolute atomic E-state index is 0. The molecule has 3 N–H and O–H groups in total. The Morgan fingerprint density at radius 2 is 2.29 bits per heavy atom. The average molecular weight is 500 g/mol. The van der Waals surface area contributed by atoms with Crippen LogP contribution in [-0.4, -0.2) is 46.0 Å². The van der Waals surface area contributed by atoms with Gasteiger partial charge in [0.05, 0.1) is 25.8 Å². The Labute approximate surface area is 182 Å². The van der Waals surface area contributed by atoms with Crippen LogP contribution in [0.4, 0.5) is 0 Å².